The van der Waals surface area contributed by atoms with Gasteiger partial charge in [-0.05, 0) is 31.8 Å². The number of carbonyl (C=O) groups excluding carboxylic acids is 1. The Hall–Kier alpha value is -1.03. The monoisotopic (exact) mass is 253 g/mol. The van der Waals surface area contributed by atoms with Crippen molar-refractivity contribution in [2.24, 2.45) is 11.8 Å². The lowest BCUT2D eigenvalue weighted by Crippen LogP contribution is -2.29. The predicted octanol–water partition coefficient (Wildman–Crippen LogP) is 2.45. The van der Waals surface area contributed by atoms with Gasteiger partial charge in [0.05, 0.1) is 0 Å². The van der Waals surface area contributed by atoms with Crippen molar-refractivity contribution >= 4 is 6.16 Å². The fourth-order valence-electron chi connectivity index (χ4n) is 2.82. The smallest absolute Gasteiger partial charge is 0.433 e. The third-order valence-electron chi connectivity index (χ3n) is 3.99. The molecule has 2 rings (SSSR count). The fraction of sp³-hybridized carbons (Fsp3) is 0.786. The number of hydrogen-bond donors (Lipinski definition) is 0. The number of nitrogens with zero attached hydrogens (tertiary/aromatic N) is 1. The topological polar surface area (TPSA) is 38.8 Å². The van der Waals surface area contributed by atoms with Gasteiger partial charge in [0.15, 0.2) is 0 Å². The molecule has 0 aromatic rings. The van der Waals surface area contributed by atoms with Crippen molar-refractivity contribution in [2.45, 2.75) is 32.8 Å². The third kappa shape index (κ3) is 3.25. The summed E-state index contributed by atoms with van der Waals surface area (Å²) in [5.74, 6) is 1.04. The highest BCUT2D eigenvalue weighted by atomic mass is 16.7. The van der Waals surface area contributed by atoms with Crippen LogP contribution in [-0.4, -0.2) is 43.4 Å². The highest BCUT2D eigenvalue weighted by Gasteiger charge is 2.38. The second-order valence-corrected chi connectivity index (χ2v) is 5.06. The fourth-order valence-corrected chi connectivity index (χ4v) is 2.82. The molecule has 0 aliphatic heterocycles. The van der Waals surface area contributed by atoms with Crippen LogP contribution < -0.4 is 0 Å². The van der Waals surface area contributed by atoms with Crippen LogP contribution in [0.2, 0.25) is 0 Å². The number of rotatable bonds is 6. The molecule has 0 amide bonds. The third-order valence-corrected chi connectivity index (χ3v) is 3.99. The molecule has 18 heavy (non-hydrogen) atoms. The molecule has 0 saturated heterocycles. The molecule has 3 atom stereocenters. The Balaban J connectivity index is 1.62. The van der Waals surface area contributed by atoms with E-state index >= 15 is 0 Å². The van der Waals surface area contributed by atoms with E-state index in [0.717, 1.165) is 32.5 Å². The van der Waals surface area contributed by atoms with Crippen LogP contribution >= 0.6 is 0 Å². The van der Waals surface area contributed by atoms with Crippen molar-refractivity contribution in [3.05, 3.63) is 12.2 Å². The number of carbonyl (C=O) groups is 1. The first-order valence-electron chi connectivity index (χ1n) is 6.97. The minimum atomic E-state index is -0.506. The van der Waals surface area contributed by atoms with Gasteiger partial charge in [0.2, 0.25) is 0 Å². The minimum absolute atomic E-state index is 0.0425. The predicted molar refractivity (Wildman–Crippen MR) is 69.4 cm³/mol. The molecule has 102 valence electrons. The molecule has 0 radical (unpaired) electrons. The van der Waals surface area contributed by atoms with E-state index in [9.17, 15) is 4.79 Å². The van der Waals surface area contributed by atoms with Crippen LogP contribution in [0.4, 0.5) is 4.79 Å². The van der Waals surface area contributed by atoms with E-state index in [0.29, 0.717) is 18.4 Å². The van der Waals surface area contributed by atoms with Crippen LogP contribution in [0, 0.1) is 11.8 Å². The largest absolute Gasteiger partial charge is 0.508 e. The van der Waals surface area contributed by atoms with E-state index in [1.807, 2.05) is 0 Å². The molecule has 1 saturated carbocycles. The first-order chi connectivity index (χ1) is 8.72. The van der Waals surface area contributed by atoms with Crippen molar-refractivity contribution in [3.8, 4) is 0 Å². The van der Waals surface area contributed by atoms with E-state index in [1.54, 1.807) is 0 Å². The number of fused-ring (bicyclic) bond motifs is 2. The molecule has 1 fully saturated rings. The Morgan fingerprint density at radius 3 is 2.61 bits per heavy atom. The Morgan fingerprint density at radius 2 is 2.06 bits per heavy atom. The molecule has 0 aromatic carbocycles. The van der Waals surface area contributed by atoms with Crippen LogP contribution in [-0.2, 0) is 9.47 Å². The van der Waals surface area contributed by atoms with Gasteiger partial charge in [0.1, 0.15) is 12.7 Å². The van der Waals surface area contributed by atoms with Gasteiger partial charge in [-0.15, -0.1) is 0 Å². The average Bonchev–Trinajstić information content (AvgIpc) is 2.97. The molecule has 2 bridgehead atoms. The lowest BCUT2D eigenvalue weighted by Gasteiger charge is -2.20. The van der Waals surface area contributed by atoms with Gasteiger partial charge in [-0.3, -0.25) is 0 Å². The molecule has 4 heteroatoms. The normalized spacial score (nSPS) is 28.9. The highest BCUT2D eigenvalue weighted by molar-refractivity contribution is 5.60. The van der Waals surface area contributed by atoms with E-state index in [2.05, 4.69) is 30.9 Å². The van der Waals surface area contributed by atoms with Gasteiger partial charge in [0.25, 0.3) is 0 Å². The maximum absolute atomic E-state index is 11.5. The molecule has 2 aliphatic rings. The van der Waals surface area contributed by atoms with Gasteiger partial charge >= 0.3 is 6.16 Å². The quantitative estimate of drug-likeness (QED) is 0.538. The van der Waals surface area contributed by atoms with E-state index in [1.165, 1.54) is 0 Å². The zero-order valence-corrected chi connectivity index (χ0v) is 11.3. The summed E-state index contributed by atoms with van der Waals surface area (Å²) in [6, 6.07) is 0. The summed E-state index contributed by atoms with van der Waals surface area (Å²) >= 11 is 0. The lowest BCUT2D eigenvalue weighted by atomic mass is 10.1. The molecule has 0 aromatic heterocycles. The Morgan fingerprint density at radius 1 is 1.28 bits per heavy atom. The summed E-state index contributed by atoms with van der Waals surface area (Å²) in [4.78, 5) is 13.8. The van der Waals surface area contributed by atoms with E-state index in [-0.39, 0.29) is 6.10 Å². The molecular formula is C14H23NO3. The van der Waals surface area contributed by atoms with Crippen LogP contribution in [0.5, 0.6) is 0 Å². The van der Waals surface area contributed by atoms with Crippen molar-refractivity contribution in [2.75, 3.05) is 26.2 Å². The van der Waals surface area contributed by atoms with Crippen LogP contribution in [0.25, 0.3) is 0 Å². The molecule has 0 N–H and O–H groups in total. The molecule has 0 heterocycles. The minimum Gasteiger partial charge on any atom is -0.433 e. The molecule has 0 spiro atoms. The summed E-state index contributed by atoms with van der Waals surface area (Å²) in [5.41, 5.74) is 0. The van der Waals surface area contributed by atoms with E-state index in [4.69, 9.17) is 9.47 Å². The van der Waals surface area contributed by atoms with Gasteiger partial charge < -0.3 is 14.4 Å². The molecule has 2 aliphatic carbocycles. The summed E-state index contributed by atoms with van der Waals surface area (Å²) in [6.07, 6.45) is 6.04. The number of likely N-dealkylation sites (N-methyl/N-ethyl adjacent to an activating group) is 1. The van der Waals surface area contributed by atoms with Gasteiger partial charge in [0, 0.05) is 12.5 Å². The Labute approximate surface area is 109 Å². The summed E-state index contributed by atoms with van der Waals surface area (Å²) in [6.45, 7) is 7.35. The zero-order valence-electron chi connectivity index (χ0n) is 11.3. The summed E-state index contributed by atoms with van der Waals surface area (Å²) < 4.78 is 10.5. The first-order valence-corrected chi connectivity index (χ1v) is 6.97. The van der Waals surface area contributed by atoms with Crippen LogP contribution in [0.3, 0.4) is 0 Å². The second-order valence-electron chi connectivity index (χ2n) is 5.06. The maximum atomic E-state index is 11.5. The van der Waals surface area contributed by atoms with Gasteiger partial charge in [-0.25, -0.2) is 4.79 Å². The van der Waals surface area contributed by atoms with Crippen molar-refractivity contribution < 1.29 is 14.3 Å². The van der Waals surface area contributed by atoms with Crippen molar-refractivity contribution in [1.82, 2.24) is 4.90 Å². The second kappa shape index (κ2) is 6.23. The Bertz CT molecular complexity index is 312. The number of hydrogen-bond acceptors (Lipinski definition) is 4. The maximum Gasteiger partial charge on any atom is 0.508 e. The molecule has 3 unspecified atom stereocenters. The van der Waals surface area contributed by atoms with Gasteiger partial charge in [-0.1, -0.05) is 26.0 Å². The number of allylic oxidation sites excluding steroid dienone is 1. The lowest BCUT2D eigenvalue weighted by molar-refractivity contribution is 0.0115. The summed E-state index contributed by atoms with van der Waals surface area (Å²) in [7, 11) is 0. The Kier molecular flexibility index (Phi) is 4.64. The zero-order chi connectivity index (χ0) is 13.0. The van der Waals surface area contributed by atoms with Crippen LogP contribution in [0.15, 0.2) is 12.2 Å². The highest BCUT2D eigenvalue weighted by Crippen LogP contribution is 2.40. The SMILES string of the molecule is CCN(CC)CCOC(=O)OC1CC2C=CC1C2. The molecule has 4 nitrogen and oxygen atoms in total. The van der Waals surface area contributed by atoms with Crippen molar-refractivity contribution in [1.29, 1.82) is 0 Å². The molecular weight excluding hydrogens is 230 g/mol. The number of ether oxygens (including phenoxy) is 2. The van der Waals surface area contributed by atoms with Crippen molar-refractivity contribution in [3.63, 3.8) is 0 Å². The van der Waals surface area contributed by atoms with E-state index < -0.39 is 6.16 Å². The van der Waals surface area contributed by atoms with Crippen LogP contribution in [0.1, 0.15) is 26.7 Å². The summed E-state index contributed by atoms with van der Waals surface area (Å²) in [5, 5.41) is 0. The first kappa shape index (κ1) is 13.4. The van der Waals surface area contributed by atoms with Gasteiger partial charge in [-0.2, -0.15) is 0 Å². The average molecular weight is 253 g/mol. The standard InChI is InChI=1S/C14H23NO3/c1-3-15(4-2)7-8-17-14(16)18-13-10-11-5-6-12(13)9-11/h5-6,11-13H,3-4,7-10H2,1-2H3.